The standard InChI is InChI=1S/C5H3F5/c1-3(7)5(9,10)4(8)2-6/h2H,1H2/b4-2-. The number of allylic oxidation sites excluding steroid dienone is 2. The number of hydrogen-bond acceptors (Lipinski definition) is 0. The maximum absolute atomic E-state index is 11.8. The summed E-state index contributed by atoms with van der Waals surface area (Å²) in [5.74, 6) is -9.24. The molecule has 0 fully saturated rings. The summed E-state index contributed by atoms with van der Waals surface area (Å²) in [4.78, 5) is 0. The molecule has 0 aliphatic rings. The summed E-state index contributed by atoms with van der Waals surface area (Å²) in [5.41, 5.74) is 0. The average Bonchev–Trinajstić information content (AvgIpc) is 1.86. The molecule has 0 saturated carbocycles. The average molecular weight is 158 g/mol. The first-order chi connectivity index (χ1) is 4.42. The number of hydrogen-bond donors (Lipinski definition) is 0. The van der Waals surface area contributed by atoms with E-state index in [4.69, 9.17) is 0 Å². The van der Waals surface area contributed by atoms with E-state index < -0.39 is 23.9 Å². The smallest absolute Gasteiger partial charge is 0.212 e. The van der Waals surface area contributed by atoms with E-state index in [9.17, 15) is 22.0 Å². The van der Waals surface area contributed by atoms with Crippen molar-refractivity contribution in [3.63, 3.8) is 0 Å². The lowest BCUT2D eigenvalue weighted by molar-refractivity contribution is 0.0332. The normalized spacial score (nSPS) is 13.5. The molecule has 0 heterocycles. The monoisotopic (exact) mass is 158 g/mol. The molecule has 0 aliphatic heterocycles. The summed E-state index contributed by atoms with van der Waals surface area (Å²) in [7, 11) is 0. The lowest BCUT2D eigenvalue weighted by Gasteiger charge is -2.08. The van der Waals surface area contributed by atoms with Crippen LogP contribution in [0, 0.1) is 0 Å². The van der Waals surface area contributed by atoms with Crippen molar-refractivity contribution >= 4 is 0 Å². The van der Waals surface area contributed by atoms with Gasteiger partial charge >= 0.3 is 5.92 Å². The van der Waals surface area contributed by atoms with Crippen LogP contribution in [0.25, 0.3) is 0 Å². The van der Waals surface area contributed by atoms with Gasteiger partial charge in [-0.15, -0.1) is 0 Å². The van der Waals surface area contributed by atoms with Gasteiger partial charge in [0.25, 0.3) is 0 Å². The minimum absolute atomic E-state index is 1.01. The largest absolute Gasteiger partial charge is 0.351 e. The van der Waals surface area contributed by atoms with Crippen LogP contribution in [0.4, 0.5) is 22.0 Å². The van der Waals surface area contributed by atoms with Gasteiger partial charge in [0.1, 0.15) is 6.33 Å². The molecule has 0 aromatic rings. The molecule has 0 radical (unpaired) electrons. The Kier molecular flexibility index (Phi) is 2.56. The van der Waals surface area contributed by atoms with E-state index in [-0.39, 0.29) is 0 Å². The first-order valence-electron chi connectivity index (χ1n) is 2.12. The highest BCUT2D eigenvalue weighted by Crippen LogP contribution is 2.32. The fourth-order valence-corrected chi connectivity index (χ4v) is 0.198. The molecule has 0 amide bonds. The molecule has 0 spiro atoms. The highest BCUT2D eigenvalue weighted by atomic mass is 19.3. The van der Waals surface area contributed by atoms with Crippen LogP contribution < -0.4 is 0 Å². The summed E-state index contributed by atoms with van der Waals surface area (Å²) in [6, 6.07) is 0. The van der Waals surface area contributed by atoms with Gasteiger partial charge in [0.05, 0.1) is 0 Å². The van der Waals surface area contributed by atoms with E-state index in [1.807, 2.05) is 0 Å². The summed E-state index contributed by atoms with van der Waals surface area (Å²) in [6.07, 6.45) is -1.01. The zero-order valence-electron chi connectivity index (χ0n) is 4.67. The summed E-state index contributed by atoms with van der Waals surface area (Å²) in [5, 5.41) is 0. The van der Waals surface area contributed by atoms with Gasteiger partial charge in [-0.25, -0.2) is 13.2 Å². The Balaban J connectivity index is 4.56. The van der Waals surface area contributed by atoms with Gasteiger partial charge in [0.2, 0.25) is 5.83 Å². The van der Waals surface area contributed by atoms with Crippen LogP contribution in [0.5, 0.6) is 0 Å². The Bertz CT molecular complexity index is 169. The van der Waals surface area contributed by atoms with Crippen LogP contribution in [0.1, 0.15) is 0 Å². The lowest BCUT2D eigenvalue weighted by Crippen LogP contribution is -2.16. The molecule has 5 heteroatoms. The molecule has 0 bridgehead atoms. The molecule has 0 unspecified atom stereocenters. The molecule has 58 valence electrons. The Labute approximate surface area is 53.6 Å². The minimum Gasteiger partial charge on any atom is -0.212 e. The van der Waals surface area contributed by atoms with Crippen LogP contribution in [0.3, 0.4) is 0 Å². The van der Waals surface area contributed by atoms with E-state index in [1.165, 1.54) is 0 Å². The number of rotatable bonds is 2. The molecular weight excluding hydrogens is 155 g/mol. The van der Waals surface area contributed by atoms with Gasteiger partial charge in [0, 0.05) is 0 Å². The van der Waals surface area contributed by atoms with Crippen molar-refractivity contribution < 1.29 is 22.0 Å². The quantitative estimate of drug-likeness (QED) is 0.542. The van der Waals surface area contributed by atoms with E-state index in [0.29, 0.717) is 0 Å². The summed E-state index contributed by atoms with van der Waals surface area (Å²) in [6.45, 7) is 2.13. The Hall–Kier alpha value is -0.870. The maximum atomic E-state index is 11.8. The van der Waals surface area contributed by atoms with Crippen molar-refractivity contribution in [2.45, 2.75) is 5.92 Å². The molecule has 0 aromatic heterocycles. The van der Waals surface area contributed by atoms with E-state index in [0.717, 1.165) is 0 Å². The zero-order valence-corrected chi connectivity index (χ0v) is 4.67. The predicted octanol–water partition coefficient (Wildman–Crippen LogP) is 2.89. The molecule has 0 aliphatic carbocycles. The van der Waals surface area contributed by atoms with Gasteiger partial charge in [-0.3, -0.25) is 0 Å². The van der Waals surface area contributed by atoms with Crippen LogP contribution in [-0.4, -0.2) is 5.92 Å². The van der Waals surface area contributed by atoms with Gasteiger partial charge < -0.3 is 0 Å². The second-order valence-corrected chi connectivity index (χ2v) is 1.44. The topological polar surface area (TPSA) is 0 Å². The molecule has 0 N–H and O–H groups in total. The van der Waals surface area contributed by atoms with Gasteiger partial charge in [-0.1, -0.05) is 6.58 Å². The van der Waals surface area contributed by atoms with Crippen LogP contribution in [0.2, 0.25) is 0 Å². The van der Waals surface area contributed by atoms with Crippen molar-refractivity contribution in [2.75, 3.05) is 0 Å². The van der Waals surface area contributed by atoms with Gasteiger partial charge in [-0.05, 0) is 0 Å². The molecule has 0 aromatic carbocycles. The SMILES string of the molecule is C=C(F)C(F)(F)/C(F)=C/F. The van der Waals surface area contributed by atoms with Gasteiger partial charge in [-0.2, -0.15) is 8.78 Å². The third-order valence-corrected chi connectivity index (χ3v) is 0.736. The highest BCUT2D eigenvalue weighted by molar-refractivity contribution is 5.14. The fraction of sp³-hybridized carbons (Fsp3) is 0.200. The predicted molar refractivity (Wildman–Crippen MR) is 25.5 cm³/mol. The first kappa shape index (κ1) is 9.13. The third-order valence-electron chi connectivity index (χ3n) is 0.736. The van der Waals surface area contributed by atoms with Crippen LogP contribution >= 0.6 is 0 Å². The second-order valence-electron chi connectivity index (χ2n) is 1.44. The number of halogens is 5. The Morgan fingerprint density at radius 1 is 1.30 bits per heavy atom. The fourth-order valence-electron chi connectivity index (χ4n) is 0.198. The van der Waals surface area contributed by atoms with E-state index >= 15 is 0 Å². The first-order valence-corrected chi connectivity index (χ1v) is 2.12. The summed E-state index contributed by atoms with van der Waals surface area (Å²) >= 11 is 0. The Morgan fingerprint density at radius 3 is 1.80 bits per heavy atom. The van der Waals surface area contributed by atoms with Crippen molar-refractivity contribution in [3.8, 4) is 0 Å². The molecule has 0 rings (SSSR count). The Morgan fingerprint density at radius 2 is 1.70 bits per heavy atom. The van der Waals surface area contributed by atoms with E-state index in [1.54, 1.807) is 0 Å². The highest BCUT2D eigenvalue weighted by Gasteiger charge is 2.39. The van der Waals surface area contributed by atoms with Crippen molar-refractivity contribution in [2.24, 2.45) is 0 Å². The maximum Gasteiger partial charge on any atom is 0.351 e. The minimum atomic E-state index is -4.53. The molecule has 10 heavy (non-hydrogen) atoms. The summed E-state index contributed by atoms with van der Waals surface area (Å²) < 4.78 is 57.7. The second kappa shape index (κ2) is 2.81. The van der Waals surface area contributed by atoms with Gasteiger partial charge in [0.15, 0.2) is 5.83 Å². The van der Waals surface area contributed by atoms with Crippen molar-refractivity contribution in [1.29, 1.82) is 0 Å². The molecule has 0 nitrogen and oxygen atoms in total. The van der Waals surface area contributed by atoms with E-state index in [2.05, 4.69) is 6.58 Å². The lowest BCUT2D eigenvalue weighted by atomic mass is 10.3. The molecule has 0 saturated heterocycles. The van der Waals surface area contributed by atoms with Crippen LogP contribution in [0.15, 0.2) is 24.6 Å². The third kappa shape index (κ3) is 1.55. The number of alkyl halides is 2. The van der Waals surface area contributed by atoms with Crippen LogP contribution in [-0.2, 0) is 0 Å². The van der Waals surface area contributed by atoms with Crippen molar-refractivity contribution in [1.82, 2.24) is 0 Å². The van der Waals surface area contributed by atoms with Crippen molar-refractivity contribution in [3.05, 3.63) is 24.6 Å². The molecular formula is C5H3F5. The zero-order chi connectivity index (χ0) is 8.36. The molecule has 0 atom stereocenters.